The standard InChI is InChI=1S/C24H20N2O5S2/c1-4-11-31-23(30)21-14(3)25-24(33-21)26-18(15-9-7-13(2)8-10-15)17(20(28)22(26)29)19(27)16-6-5-12-32-16/h4-10,12,18,28H,1,11H2,2-3H3/t18-/m1/s1. The SMILES string of the molecule is C=CCOC(=O)c1sc(N2C(=O)C(O)=C(C(=O)c3cccs3)[C@H]2c2ccc(C)cc2)nc1C. The first-order chi connectivity index (χ1) is 15.8. The molecule has 2 aromatic heterocycles. The highest BCUT2D eigenvalue weighted by Gasteiger charge is 2.46. The summed E-state index contributed by atoms with van der Waals surface area (Å²) in [7, 11) is 0. The Balaban J connectivity index is 1.82. The van der Waals surface area contributed by atoms with Crippen LogP contribution in [0.5, 0.6) is 0 Å². The van der Waals surface area contributed by atoms with Crippen molar-refractivity contribution in [3.05, 3.63) is 92.3 Å². The molecule has 0 fully saturated rings. The summed E-state index contributed by atoms with van der Waals surface area (Å²) < 4.78 is 5.11. The third-order valence-electron chi connectivity index (χ3n) is 5.10. The molecule has 1 amide bonds. The first-order valence-corrected chi connectivity index (χ1v) is 11.7. The van der Waals surface area contributed by atoms with Crippen molar-refractivity contribution in [1.29, 1.82) is 0 Å². The molecular weight excluding hydrogens is 460 g/mol. The summed E-state index contributed by atoms with van der Waals surface area (Å²) in [4.78, 5) is 45.2. The smallest absolute Gasteiger partial charge is 0.350 e. The van der Waals surface area contributed by atoms with Gasteiger partial charge in [-0.15, -0.1) is 11.3 Å². The van der Waals surface area contributed by atoms with Crippen LogP contribution in [0.25, 0.3) is 0 Å². The molecule has 3 aromatic rings. The van der Waals surface area contributed by atoms with E-state index in [0.717, 1.165) is 16.9 Å². The zero-order valence-electron chi connectivity index (χ0n) is 17.9. The number of aryl methyl sites for hydroxylation is 2. The molecule has 0 saturated carbocycles. The summed E-state index contributed by atoms with van der Waals surface area (Å²) in [5.41, 5.74) is 2.01. The van der Waals surface area contributed by atoms with Gasteiger partial charge >= 0.3 is 5.97 Å². The molecule has 1 N–H and O–H groups in total. The van der Waals surface area contributed by atoms with E-state index in [1.54, 1.807) is 36.6 Å². The number of aromatic nitrogens is 1. The highest BCUT2D eigenvalue weighted by atomic mass is 32.1. The van der Waals surface area contributed by atoms with Crippen LogP contribution in [-0.2, 0) is 9.53 Å². The Morgan fingerprint density at radius 2 is 1.97 bits per heavy atom. The quantitative estimate of drug-likeness (QED) is 0.292. The van der Waals surface area contributed by atoms with Crippen molar-refractivity contribution < 1.29 is 24.2 Å². The fraction of sp³-hybridized carbons (Fsp3) is 0.167. The minimum Gasteiger partial charge on any atom is -0.503 e. The lowest BCUT2D eigenvalue weighted by Crippen LogP contribution is -2.31. The van der Waals surface area contributed by atoms with Crippen LogP contribution in [0, 0.1) is 13.8 Å². The summed E-state index contributed by atoms with van der Waals surface area (Å²) >= 11 is 2.20. The van der Waals surface area contributed by atoms with Crippen LogP contribution in [0.3, 0.4) is 0 Å². The molecule has 168 valence electrons. The molecule has 1 aliphatic rings. The number of amides is 1. The number of ketones is 1. The molecule has 33 heavy (non-hydrogen) atoms. The number of anilines is 1. The molecule has 0 spiro atoms. The Hall–Kier alpha value is -3.56. The lowest BCUT2D eigenvalue weighted by atomic mass is 9.95. The van der Waals surface area contributed by atoms with Gasteiger partial charge in [0.1, 0.15) is 11.5 Å². The van der Waals surface area contributed by atoms with E-state index >= 15 is 0 Å². The molecule has 0 radical (unpaired) electrons. The lowest BCUT2D eigenvalue weighted by molar-refractivity contribution is -0.117. The molecule has 9 heteroatoms. The second-order valence-corrected chi connectivity index (χ2v) is 9.28. The summed E-state index contributed by atoms with van der Waals surface area (Å²) in [6.07, 6.45) is 1.46. The number of benzene rings is 1. The van der Waals surface area contributed by atoms with Crippen molar-refractivity contribution in [3.8, 4) is 0 Å². The lowest BCUT2D eigenvalue weighted by Gasteiger charge is -2.24. The van der Waals surface area contributed by atoms with Crippen LogP contribution in [0.4, 0.5) is 5.13 Å². The number of aliphatic hydroxyl groups excluding tert-OH is 1. The molecule has 3 heterocycles. The van der Waals surface area contributed by atoms with E-state index in [1.807, 2.05) is 19.1 Å². The average Bonchev–Trinajstić information content (AvgIpc) is 3.52. The van der Waals surface area contributed by atoms with E-state index in [0.29, 0.717) is 16.1 Å². The second kappa shape index (κ2) is 9.13. The topological polar surface area (TPSA) is 96.8 Å². The molecule has 0 saturated heterocycles. The first kappa shape index (κ1) is 22.6. The van der Waals surface area contributed by atoms with Crippen molar-refractivity contribution in [2.45, 2.75) is 19.9 Å². The van der Waals surface area contributed by atoms with Gasteiger partial charge in [0.15, 0.2) is 10.9 Å². The third-order valence-corrected chi connectivity index (χ3v) is 7.11. The van der Waals surface area contributed by atoms with Crippen LogP contribution >= 0.6 is 22.7 Å². The zero-order valence-corrected chi connectivity index (χ0v) is 19.5. The van der Waals surface area contributed by atoms with E-state index in [-0.39, 0.29) is 22.2 Å². The number of thiazole rings is 1. The Kier molecular flexibility index (Phi) is 6.26. The van der Waals surface area contributed by atoms with E-state index in [9.17, 15) is 19.5 Å². The molecule has 0 bridgehead atoms. The van der Waals surface area contributed by atoms with Gasteiger partial charge in [0, 0.05) is 0 Å². The summed E-state index contributed by atoms with van der Waals surface area (Å²) in [6.45, 7) is 7.13. The number of thiophene rings is 1. The predicted molar refractivity (Wildman–Crippen MR) is 127 cm³/mol. The van der Waals surface area contributed by atoms with Gasteiger partial charge in [0.05, 0.1) is 22.2 Å². The van der Waals surface area contributed by atoms with Crippen LogP contribution in [-0.4, -0.2) is 34.4 Å². The minimum atomic E-state index is -0.893. The summed E-state index contributed by atoms with van der Waals surface area (Å²) in [5, 5.41) is 12.7. The average molecular weight is 481 g/mol. The predicted octanol–water partition coefficient (Wildman–Crippen LogP) is 4.95. The van der Waals surface area contributed by atoms with Crippen molar-refractivity contribution in [2.75, 3.05) is 11.5 Å². The van der Waals surface area contributed by atoms with Crippen molar-refractivity contribution in [2.24, 2.45) is 0 Å². The van der Waals surface area contributed by atoms with E-state index in [2.05, 4.69) is 11.6 Å². The van der Waals surface area contributed by atoms with Crippen LogP contribution in [0.2, 0.25) is 0 Å². The Bertz CT molecular complexity index is 1270. The molecule has 7 nitrogen and oxygen atoms in total. The Morgan fingerprint density at radius 3 is 2.61 bits per heavy atom. The number of Topliss-reactive ketones (excluding diaryl/α,β-unsaturated/α-hetero) is 1. The van der Waals surface area contributed by atoms with Gasteiger partial charge < -0.3 is 9.84 Å². The number of rotatable bonds is 7. The first-order valence-electron chi connectivity index (χ1n) is 10.0. The van der Waals surface area contributed by atoms with Gasteiger partial charge in [-0.2, -0.15) is 0 Å². The monoisotopic (exact) mass is 480 g/mol. The number of carbonyl (C=O) groups excluding carboxylic acids is 3. The van der Waals surface area contributed by atoms with E-state index in [4.69, 9.17) is 4.74 Å². The largest absolute Gasteiger partial charge is 0.503 e. The van der Waals surface area contributed by atoms with Crippen LogP contribution in [0.15, 0.2) is 65.8 Å². The van der Waals surface area contributed by atoms with E-state index in [1.165, 1.54) is 22.3 Å². The number of ether oxygens (including phenoxy) is 1. The molecule has 1 aromatic carbocycles. The number of esters is 1. The molecule has 1 aliphatic heterocycles. The maximum Gasteiger partial charge on any atom is 0.350 e. The Labute approximate surface area is 198 Å². The fourth-order valence-corrected chi connectivity index (χ4v) is 5.18. The van der Waals surface area contributed by atoms with Gasteiger partial charge in [0.2, 0.25) is 5.78 Å². The van der Waals surface area contributed by atoms with Crippen molar-refractivity contribution >= 4 is 45.5 Å². The highest BCUT2D eigenvalue weighted by Crippen LogP contribution is 2.44. The molecular formula is C24H20N2O5S2. The Morgan fingerprint density at radius 1 is 1.24 bits per heavy atom. The highest BCUT2D eigenvalue weighted by molar-refractivity contribution is 7.17. The number of carbonyl (C=O) groups is 3. The number of aliphatic hydroxyl groups is 1. The van der Waals surface area contributed by atoms with Crippen LogP contribution in [0.1, 0.15) is 42.2 Å². The van der Waals surface area contributed by atoms with Crippen molar-refractivity contribution in [3.63, 3.8) is 0 Å². The third kappa shape index (κ3) is 4.12. The number of hydrogen-bond donors (Lipinski definition) is 1. The molecule has 0 unspecified atom stereocenters. The van der Waals surface area contributed by atoms with Crippen molar-refractivity contribution in [1.82, 2.24) is 4.98 Å². The van der Waals surface area contributed by atoms with Gasteiger partial charge in [-0.05, 0) is 30.9 Å². The van der Waals surface area contributed by atoms with E-state index < -0.39 is 29.5 Å². The minimum absolute atomic E-state index is 0.0186. The molecule has 4 rings (SSSR count). The fourth-order valence-electron chi connectivity index (χ4n) is 3.51. The summed E-state index contributed by atoms with van der Waals surface area (Å²) in [5.74, 6) is -2.38. The van der Waals surface area contributed by atoms with Gasteiger partial charge in [-0.25, -0.2) is 9.78 Å². The zero-order chi connectivity index (χ0) is 23.7. The maximum absolute atomic E-state index is 13.3. The summed E-state index contributed by atoms with van der Waals surface area (Å²) in [6, 6.07) is 9.83. The van der Waals surface area contributed by atoms with Crippen LogP contribution < -0.4 is 4.90 Å². The second-order valence-electron chi connectivity index (χ2n) is 7.36. The van der Waals surface area contributed by atoms with Gasteiger partial charge in [-0.1, -0.05) is 59.9 Å². The number of hydrogen-bond acceptors (Lipinski definition) is 8. The normalized spacial score (nSPS) is 15.8. The maximum atomic E-state index is 13.3. The van der Waals surface area contributed by atoms with Gasteiger partial charge in [-0.3, -0.25) is 14.5 Å². The van der Waals surface area contributed by atoms with Gasteiger partial charge in [0.25, 0.3) is 5.91 Å². The molecule has 0 aliphatic carbocycles. The molecule has 1 atom stereocenters. The number of nitrogens with zero attached hydrogens (tertiary/aromatic N) is 2.